The van der Waals surface area contributed by atoms with Gasteiger partial charge in [-0.25, -0.2) is 4.79 Å². The largest absolute Gasteiger partial charge is 0.508 e. The molecule has 0 aromatic heterocycles. The van der Waals surface area contributed by atoms with E-state index in [1.165, 1.54) is 0 Å². The second-order valence-electron chi connectivity index (χ2n) is 8.53. The van der Waals surface area contributed by atoms with Crippen molar-refractivity contribution in [2.75, 3.05) is 17.7 Å². The Morgan fingerprint density at radius 1 is 1.13 bits per heavy atom. The van der Waals surface area contributed by atoms with Crippen LogP contribution in [0.3, 0.4) is 0 Å². The highest BCUT2D eigenvalue weighted by Crippen LogP contribution is 2.35. The number of carbonyl (C=O) groups excluding carboxylic acids is 2. The molecule has 2 aromatic rings. The van der Waals surface area contributed by atoms with Crippen molar-refractivity contribution < 1.29 is 19.4 Å². The smallest absolute Gasteiger partial charge is 0.322 e. The highest BCUT2D eigenvalue weighted by Gasteiger charge is 2.34. The van der Waals surface area contributed by atoms with Crippen LogP contribution in [0.5, 0.6) is 11.5 Å². The molecule has 1 aliphatic carbocycles. The van der Waals surface area contributed by atoms with Gasteiger partial charge in [-0.05, 0) is 68.4 Å². The molecule has 7 heteroatoms. The number of urea groups is 1. The predicted molar refractivity (Wildman–Crippen MR) is 120 cm³/mol. The van der Waals surface area contributed by atoms with Crippen LogP contribution in [-0.4, -0.2) is 35.1 Å². The average Bonchev–Trinajstić information content (AvgIpc) is 2.74. The lowest BCUT2D eigenvalue weighted by atomic mass is 9.84. The number of carbonyl (C=O) groups is 2. The van der Waals surface area contributed by atoms with Crippen LogP contribution in [0.4, 0.5) is 16.2 Å². The number of nitrogens with zero attached hydrogens (tertiary/aromatic N) is 1. The number of hydrogen-bond acceptors (Lipinski definition) is 4. The minimum Gasteiger partial charge on any atom is -0.508 e. The van der Waals surface area contributed by atoms with E-state index in [2.05, 4.69) is 10.6 Å². The molecule has 0 unspecified atom stereocenters. The molecule has 3 N–H and O–H groups in total. The number of phenols is 1. The van der Waals surface area contributed by atoms with Crippen molar-refractivity contribution in [1.29, 1.82) is 0 Å². The molecule has 1 aliphatic heterocycles. The van der Waals surface area contributed by atoms with Crippen molar-refractivity contribution in [2.24, 2.45) is 5.92 Å². The Hall–Kier alpha value is -3.22. The summed E-state index contributed by atoms with van der Waals surface area (Å²) < 4.78 is 5.34. The zero-order valence-corrected chi connectivity index (χ0v) is 18.2. The van der Waals surface area contributed by atoms with E-state index in [4.69, 9.17) is 4.74 Å². The first-order valence-electron chi connectivity index (χ1n) is 10.7. The molecule has 0 bridgehead atoms. The first-order chi connectivity index (χ1) is 14.9. The van der Waals surface area contributed by atoms with E-state index in [0.29, 0.717) is 12.2 Å². The molecule has 164 valence electrons. The van der Waals surface area contributed by atoms with Gasteiger partial charge in [0.1, 0.15) is 11.5 Å². The Labute approximate surface area is 182 Å². The van der Waals surface area contributed by atoms with Crippen molar-refractivity contribution in [2.45, 2.75) is 52.1 Å². The second kappa shape index (κ2) is 8.49. The molecule has 2 aromatic carbocycles. The molecule has 0 atom stereocenters. The van der Waals surface area contributed by atoms with Crippen molar-refractivity contribution in [3.05, 3.63) is 47.0 Å². The number of fused-ring (bicyclic) bond motifs is 1. The van der Waals surface area contributed by atoms with Gasteiger partial charge in [0.25, 0.3) is 0 Å². The zero-order chi connectivity index (χ0) is 22.1. The van der Waals surface area contributed by atoms with Crippen LogP contribution >= 0.6 is 0 Å². The van der Waals surface area contributed by atoms with Gasteiger partial charge in [-0.3, -0.25) is 4.79 Å². The molecule has 4 rings (SSSR count). The molecule has 0 spiro atoms. The average molecular weight is 424 g/mol. The molecule has 7 nitrogen and oxygen atoms in total. The fourth-order valence-electron chi connectivity index (χ4n) is 4.64. The number of anilines is 2. The third-order valence-corrected chi connectivity index (χ3v) is 6.47. The predicted octanol–water partition coefficient (Wildman–Crippen LogP) is 4.56. The van der Waals surface area contributed by atoms with Crippen molar-refractivity contribution >= 4 is 23.3 Å². The highest BCUT2D eigenvalue weighted by atomic mass is 16.5. The summed E-state index contributed by atoms with van der Waals surface area (Å²) >= 11 is 0. The van der Waals surface area contributed by atoms with Gasteiger partial charge in [0.05, 0.1) is 19.3 Å². The Morgan fingerprint density at radius 3 is 2.58 bits per heavy atom. The number of ether oxygens (including phenoxy) is 1. The van der Waals surface area contributed by atoms with Gasteiger partial charge in [0, 0.05) is 29.8 Å². The third-order valence-electron chi connectivity index (χ3n) is 6.47. The second-order valence-corrected chi connectivity index (χ2v) is 8.53. The van der Waals surface area contributed by atoms with E-state index in [0.717, 1.165) is 53.8 Å². The van der Waals surface area contributed by atoms with Gasteiger partial charge in [-0.15, -0.1) is 0 Å². The summed E-state index contributed by atoms with van der Waals surface area (Å²) in [5, 5.41) is 15.7. The normalized spacial score (nSPS) is 20.6. The molecule has 1 saturated carbocycles. The van der Waals surface area contributed by atoms with Crippen LogP contribution in [-0.2, 0) is 11.3 Å². The van der Waals surface area contributed by atoms with E-state index in [1.807, 2.05) is 36.9 Å². The Bertz CT molecular complexity index is 1010. The number of phenolic OH excluding ortho intramolecular Hbond substituents is 1. The number of amides is 3. The maximum Gasteiger partial charge on any atom is 0.322 e. The lowest BCUT2D eigenvalue weighted by Gasteiger charge is -2.39. The summed E-state index contributed by atoms with van der Waals surface area (Å²) in [6, 6.07) is 8.93. The first-order valence-corrected chi connectivity index (χ1v) is 10.7. The molecule has 0 radical (unpaired) electrons. The summed E-state index contributed by atoms with van der Waals surface area (Å²) in [5.41, 5.74) is 4.43. The van der Waals surface area contributed by atoms with Crippen LogP contribution in [0.25, 0.3) is 0 Å². The lowest BCUT2D eigenvalue weighted by molar-refractivity contribution is -0.121. The summed E-state index contributed by atoms with van der Waals surface area (Å²) in [6.07, 6.45) is 3.06. The number of hydrogen-bond donors (Lipinski definition) is 3. The third kappa shape index (κ3) is 4.31. The summed E-state index contributed by atoms with van der Waals surface area (Å²) in [6.45, 7) is 4.43. The molecule has 2 aliphatic rings. The maximum atomic E-state index is 12.8. The van der Waals surface area contributed by atoms with Gasteiger partial charge in [-0.1, -0.05) is 6.07 Å². The molecule has 0 saturated heterocycles. The lowest BCUT2D eigenvalue weighted by Crippen LogP contribution is -2.47. The van der Waals surface area contributed by atoms with Crippen LogP contribution in [0, 0.1) is 19.8 Å². The van der Waals surface area contributed by atoms with Crippen LogP contribution < -0.4 is 15.4 Å². The van der Waals surface area contributed by atoms with Crippen molar-refractivity contribution in [3.63, 3.8) is 0 Å². The minimum atomic E-state index is -0.142. The van der Waals surface area contributed by atoms with E-state index in [9.17, 15) is 14.7 Å². The van der Waals surface area contributed by atoms with Crippen LogP contribution in [0.1, 0.15) is 42.4 Å². The fourth-order valence-corrected chi connectivity index (χ4v) is 4.64. The Kier molecular flexibility index (Phi) is 5.76. The molecule has 31 heavy (non-hydrogen) atoms. The van der Waals surface area contributed by atoms with E-state index >= 15 is 0 Å². The number of rotatable bonds is 4. The van der Waals surface area contributed by atoms with E-state index in [-0.39, 0.29) is 29.6 Å². The quantitative estimate of drug-likeness (QED) is 0.672. The monoisotopic (exact) mass is 423 g/mol. The fraction of sp³-hybridized carbons (Fsp3) is 0.417. The van der Waals surface area contributed by atoms with Gasteiger partial charge < -0.3 is 25.4 Å². The SMILES string of the molecule is COc1cc(NC(=O)C2CCC(N3Cc4c(C)cc(O)cc4NC3=O)CC2)ccc1C. The van der Waals surface area contributed by atoms with Gasteiger partial charge in [0.2, 0.25) is 5.91 Å². The van der Waals surface area contributed by atoms with E-state index in [1.54, 1.807) is 19.2 Å². The standard InChI is InChI=1S/C24H29N3O4/c1-14-4-7-17(11-22(14)31-3)25-23(29)16-5-8-18(9-6-16)27-13-20-15(2)10-19(28)12-21(20)26-24(27)30/h4,7,10-12,16,18,28H,5-6,8-9,13H2,1-3H3,(H,25,29)(H,26,30). The molecule has 1 heterocycles. The molecule has 3 amide bonds. The van der Waals surface area contributed by atoms with Gasteiger partial charge in [0.15, 0.2) is 0 Å². The number of benzene rings is 2. The minimum absolute atomic E-state index is 0.0177. The molecular formula is C24H29N3O4. The topological polar surface area (TPSA) is 90.9 Å². The summed E-state index contributed by atoms with van der Waals surface area (Å²) in [5.74, 6) is 0.857. The van der Waals surface area contributed by atoms with Crippen LogP contribution in [0.2, 0.25) is 0 Å². The van der Waals surface area contributed by atoms with Crippen LogP contribution in [0.15, 0.2) is 30.3 Å². The number of methoxy groups -OCH3 is 1. The number of aromatic hydroxyl groups is 1. The Balaban J connectivity index is 1.37. The zero-order valence-electron chi connectivity index (χ0n) is 18.2. The number of aryl methyl sites for hydroxylation is 2. The highest BCUT2D eigenvalue weighted by molar-refractivity contribution is 5.94. The molecular weight excluding hydrogens is 394 g/mol. The van der Waals surface area contributed by atoms with Crippen molar-refractivity contribution in [3.8, 4) is 11.5 Å². The van der Waals surface area contributed by atoms with Gasteiger partial charge >= 0.3 is 6.03 Å². The maximum absolute atomic E-state index is 12.8. The van der Waals surface area contributed by atoms with E-state index < -0.39 is 0 Å². The summed E-state index contributed by atoms with van der Waals surface area (Å²) in [4.78, 5) is 27.3. The molecule has 1 fully saturated rings. The van der Waals surface area contributed by atoms with Crippen molar-refractivity contribution in [1.82, 2.24) is 4.90 Å². The Morgan fingerprint density at radius 2 is 1.87 bits per heavy atom. The summed E-state index contributed by atoms with van der Waals surface area (Å²) in [7, 11) is 1.62. The van der Waals surface area contributed by atoms with Gasteiger partial charge in [-0.2, -0.15) is 0 Å². The first kappa shape index (κ1) is 21.0. The number of nitrogens with one attached hydrogen (secondary N) is 2.